The highest BCUT2D eigenvalue weighted by molar-refractivity contribution is 4.82. The van der Waals surface area contributed by atoms with Crippen molar-refractivity contribution in [2.24, 2.45) is 5.41 Å². The lowest BCUT2D eigenvalue weighted by Crippen LogP contribution is -2.35. The zero-order chi connectivity index (χ0) is 11.4. The standard InChI is InChI=1S/C13H24O3/c1-13(10-14)7-5-11(6-8-13)16-12-4-2-3-9-15-12/h11-12,14H,2-10H2,1H3/t11?,12-,13?/m1/s1. The third kappa shape index (κ3) is 3.19. The van der Waals surface area contributed by atoms with Crippen molar-refractivity contribution in [3.05, 3.63) is 0 Å². The molecule has 1 aliphatic heterocycles. The molecule has 0 aromatic heterocycles. The topological polar surface area (TPSA) is 38.7 Å². The van der Waals surface area contributed by atoms with E-state index in [1.54, 1.807) is 0 Å². The molecule has 0 bridgehead atoms. The fourth-order valence-electron chi connectivity index (χ4n) is 2.62. The molecule has 0 spiro atoms. The Kier molecular flexibility index (Phi) is 4.22. The van der Waals surface area contributed by atoms with Gasteiger partial charge in [0.25, 0.3) is 0 Å². The molecule has 0 aromatic carbocycles. The molecule has 3 nitrogen and oxygen atoms in total. The van der Waals surface area contributed by atoms with E-state index in [1.807, 2.05) is 0 Å². The summed E-state index contributed by atoms with van der Waals surface area (Å²) in [6.45, 7) is 3.33. The second kappa shape index (κ2) is 5.48. The van der Waals surface area contributed by atoms with E-state index in [0.717, 1.165) is 38.7 Å². The summed E-state index contributed by atoms with van der Waals surface area (Å²) in [6, 6.07) is 0. The van der Waals surface area contributed by atoms with Crippen LogP contribution in [0, 0.1) is 5.41 Å². The van der Waals surface area contributed by atoms with Crippen LogP contribution in [-0.4, -0.2) is 30.7 Å². The molecule has 0 radical (unpaired) electrons. The Labute approximate surface area is 98.1 Å². The predicted octanol–water partition coefficient (Wildman–Crippen LogP) is 2.47. The Hall–Kier alpha value is -0.120. The van der Waals surface area contributed by atoms with Gasteiger partial charge in [-0.15, -0.1) is 0 Å². The zero-order valence-corrected chi connectivity index (χ0v) is 10.3. The molecule has 0 amide bonds. The van der Waals surface area contributed by atoms with Gasteiger partial charge in [-0.25, -0.2) is 0 Å². The molecule has 2 rings (SSSR count). The van der Waals surface area contributed by atoms with Gasteiger partial charge < -0.3 is 14.6 Å². The van der Waals surface area contributed by atoms with Gasteiger partial charge in [-0.3, -0.25) is 0 Å². The predicted molar refractivity (Wildman–Crippen MR) is 62.1 cm³/mol. The van der Waals surface area contributed by atoms with Crippen LogP contribution in [-0.2, 0) is 9.47 Å². The van der Waals surface area contributed by atoms with E-state index in [9.17, 15) is 5.11 Å². The lowest BCUT2D eigenvalue weighted by molar-refractivity contribution is -0.197. The number of hydrogen-bond donors (Lipinski definition) is 1. The molecule has 1 saturated carbocycles. The van der Waals surface area contributed by atoms with Crippen molar-refractivity contribution < 1.29 is 14.6 Å². The van der Waals surface area contributed by atoms with Crippen molar-refractivity contribution in [2.75, 3.05) is 13.2 Å². The van der Waals surface area contributed by atoms with Gasteiger partial charge in [0.1, 0.15) is 0 Å². The fourth-order valence-corrected chi connectivity index (χ4v) is 2.62. The maximum Gasteiger partial charge on any atom is 0.157 e. The van der Waals surface area contributed by atoms with Crippen LogP contribution in [0.25, 0.3) is 0 Å². The summed E-state index contributed by atoms with van der Waals surface area (Å²) in [5, 5.41) is 9.29. The molecule has 1 saturated heterocycles. The van der Waals surface area contributed by atoms with Crippen molar-refractivity contribution in [3.8, 4) is 0 Å². The molecular formula is C13H24O3. The smallest absolute Gasteiger partial charge is 0.157 e. The molecule has 1 N–H and O–H groups in total. The highest BCUT2D eigenvalue weighted by Crippen LogP contribution is 2.37. The van der Waals surface area contributed by atoms with Gasteiger partial charge in [0.15, 0.2) is 6.29 Å². The number of hydrogen-bond acceptors (Lipinski definition) is 3. The Bertz CT molecular complexity index is 203. The minimum absolute atomic E-state index is 0.0391. The van der Waals surface area contributed by atoms with Gasteiger partial charge >= 0.3 is 0 Å². The number of ether oxygens (including phenoxy) is 2. The Balaban J connectivity index is 1.72. The maximum absolute atomic E-state index is 9.29. The van der Waals surface area contributed by atoms with E-state index in [2.05, 4.69) is 6.92 Å². The zero-order valence-electron chi connectivity index (χ0n) is 10.3. The molecule has 2 fully saturated rings. The number of aliphatic hydroxyl groups is 1. The summed E-state index contributed by atoms with van der Waals surface area (Å²) in [6.07, 6.45) is 8.11. The van der Waals surface area contributed by atoms with Crippen LogP contribution in [0.1, 0.15) is 51.9 Å². The molecule has 1 atom stereocenters. The second-order valence-electron chi connectivity index (χ2n) is 5.60. The quantitative estimate of drug-likeness (QED) is 0.806. The van der Waals surface area contributed by atoms with Gasteiger partial charge in [-0.05, 0) is 50.4 Å². The van der Waals surface area contributed by atoms with Gasteiger partial charge in [-0.1, -0.05) is 6.92 Å². The summed E-state index contributed by atoms with van der Waals surface area (Å²) < 4.78 is 11.6. The van der Waals surface area contributed by atoms with Crippen molar-refractivity contribution >= 4 is 0 Å². The average Bonchev–Trinajstić information content (AvgIpc) is 2.34. The lowest BCUT2D eigenvalue weighted by atomic mass is 9.75. The number of rotatable bonds is 3. The van der Waals surface area contributed by atoms with Crippen LogP contribution in [0.5, 0.6) is 0 Å². The fraction of sp³-hybridized carbons (Fsp3) is 1.00. The molecule has 94 valence electrons. The summed E-state index contributed by atoms with van der Waals surface area (Å²) in [5.41, 5.74) is 0.132. The van der Waals surface area contributed by atoms with Crippen LogP contribution < -0.4 is 0 Å². The minimum Gasteiger partial charge on any atom is -0.396 e. The second-order valence-corrected chi connectivity index (χ2v) is 5.60. The van der Waals surface area contributed by atoms with Crippen LogP contribution >= 0.6 is 0 Å². The highest BCUT2D eigenvalue weighted by Gasteiger charge is 2.32. The average molecular weight is 228 g/mol. The molecule has 1 aliphatic carbocycles. The van der Waals surface area contributed by atoms with E-state index in [0.29, 0.717) is 12.7 Å². The summed E-state index contributed by atoms with van der Waals surface area (Å²) in [5.74, 6) is 0. The van der Waals surface area contributed by atoms with Crippen molar-refractivity contribution in [2.45, 2.75) is 64.3 Å². The van der Waals surface area contributed by atoms with E-state index in [-0.39, 0.29) is 11.7 Å². The molecule has 16 heavy (non-hydrogen) atoms. The molecular weight excluding hydrogens is 204 g/mol. The first-order valence-corrected chi connectivity index (χ1v) is 6.60. The molecule has 3 heteroatoms. The maximum atomic E-state index is 9.29. The van der Waals surface area contributed by atoms with E-state index in [1.165, 1.54) is 12.8 Å². The van der Waals surface area contributed by atoms with Gasteiger partial charge in [0, 0.05) is 13.2 Å². The van der Waals surface area contributed by atoms with Crippen molar-refractivity contribution in [3.63, 3.8) is 0 Å². The first-order valence-electron chi connectivity index (χ1n) is 6.60. The Morgan fingerprint density at radius 3 is 2.56 bits per heavy atom. The van der Waals surface area contributed by atoms with Crippen molar-refractivity contribution in [1.82, 2.24) is 0 Å². The third-order valence-electron chi connectivity index (χ3n) is 4.00. The summed E-state index contributed by atoms with van der Waals surface area (Å²) in [7, 11) is 0. The largest absolute Gasteiger partial charge is 0.396 e. The van der Waals surface area contributed by atoms with E-state index < -0.39 is 0 Å². The van der Waals surface area contributed by atoms with Gasteiger partial charge in [-0.2, -0.15) is 0 Å². The normalized spacial score (nSPS) is 40.9. The van der Waals surface area contributed by atoms with Gasteiger partial charge in [0.05, 0.1) is 6.10 Å². The SMILES string of the molecule is CC1(CO)CCC(O[C@@H]2CCCCO2)CC1. The Morgan fingerprint density at radius 2 is 2.00 bits per heavy atom. The van der Waals surface area contributed by atoms with Gasteiger partial charge in [0.2, 0.25) is 0 Å². The first kappa shape index (κ1) is 12.3. The minimum atomic E-state index is 0.0391. The Morgan fingerprint density at radius 1 is 1.25 bits per heavy atom. The van der Waals surface area contributed by atoms with Crippen LogP contribution in [0.2, 0.25) is 0 Å². The van der Waals surface area contributed by atoms with Crippen LogP contribution in [0.3, 0.4) is 0 Å². The van der Waals surface area contributed by atoms with E-state index in [4.69, 9.17) is 9.47 Å². The monoisotopic (exact) mass is 228 g/mol. The molecule has 0 aromatic rings. The first-order chi connectivity index (χ1) is 7.72. The summed E-state index contributed by atoms with van der Waals surface area (Å²) >= 11 is 0. The van der Waals surface area contributed by atoms with Crippen LogP contribution in [0.15, 0.2) is 0 Å². The number of aliphatic hydroxyl groups excluding tert-OH is 1. The van der Waals surface area contributed by atoms with Crippen LogP contribution in [0.4, 0.5) is 0 Å². The summed E-state index contributed by atoms with van der Waals surface area (Å²) in [4.78, 5) is 0. The van der Waals surface area contributed by atoms with Crippen molar-refractivity contribution in [1.29, 1.82) is 0 Å². The third-order valence-corrected chi connectivity index (χ3v) is 4.00. The molecule has 0 unspecified atom stereocenters. The molecule has 2 aliphatic rings. The van der Waals surface area contributed by atoms with E-state index >= 15 is 0 Å². The molecule has 1 heterocycles. The lowest BCUT2D eigenvalue weighted by Gasteiger charge is -2.37. The highest BCUT2D eigenvalue weighted by atomic mass is 16.7.